The number of nitrogens with zero attached hydrogens (tertiary/aromatic N) is 2. The van der Waals surface area contributed by atoms with E-state index in [2.05, 4.69) is 0 Å². The Morgan fingerprint density at radius 2 is 1.67 bits per heavy atom. The first-order valence-corrected chi connectivity index (χ1v) is 16.3. The van der Waals surface area contributed by atoms with E-state index in [1.54, 1.807) is 11.8 Å². The Bertz CT molecular complexity index is 1560. The fourth-order valence-corrected chi connectivity index (χ4v) is 5.52. The molecule has 262 valence electrons. The van der Waals surface area contributed by atoms with E-state index in [1.165, 1.54) is 42.5 Å². The van der Waals surface area contributed by atoms with Crippen LogP contribution in [0, 0.1) is 0 Å². The number of halogens is 2. The molecule has 2 fully saturated rings. The van der Waals surface area contributed by atoms with Crippen molar-refractivity contribution < 1.29 is 53.2 Å². The number of alkyl halides is 2. The number of hydrogen-bond donors (Lipinski definition) is 0. The lowest BCUT2D eigenvalue weighted by Crippen LogP contribution is -2.36. The second-order valence-corrected chi connectivity index (χ2v) is 11.7. The molecule has 2 aromatic carbocycles. The van der Waals surface area contributed by atoms with Gasteiger partial charge in [-0.3, -0.25) is 24.0 Å². The van der Waals surface area contributed by atoms with Gasteiger partial charge in [0.05, 0.1) is 26.0 Å². The van der Waals surface area contributed by atoms with Gasteiger partial charge in [0.2, 0.25) is 5.91 Å². The number of imide groups is 1. The van der Waals surface area contributed by atoms with Crippen LogP contribution in [0.3, 0.4) is 0 Å². The minimum Gasteiger partial charge on any atom is -0.466 e. The Morgan fingerprint density at radius 1 is 1.00 bits per heavy atom. The highest BCUT2D eigenvalue weighted by Gasteiger charge is 2.43. The van der Waals surface area contributed by atoms with E-state index in [4.69, 9.17) is 15.7 Å². The van der Waals surface area contributed by atoms with E-state index in [0.717, 1.165) is 31.1 Å². The van der Waals surface area contributed by atoms with Gasteiger partial charge < -0.3 is 19.2 Å². The van der Waals surface area contributed by atoms with Crippen molar-refractivity contribution in [3.05, 3.63) is 83.4 Å². The first-order chi connectivity index (χ1) is 23.9. The molecule has 13 heteroatoms. The molecule has 0 N–H and O–H groups in total. The third-order valence-corrected chi connectivity index (χ3v) is 8.15. The summed E-state index contributed by atoms with van der Waals surface area (Å²) in [7, 11) is 0. The minimum absolute atomic E-state index is 0.00728. The summed E-state index contributed by atoms with van der Waals surface area (Å²) in [5, 5.41) is 0.413. The first kappa shape index (κ1) is 35.4. The zero-order valence-corrected chi connectivity index (χ0v) is 27.2. The Kier molecular flexibility index (Phi) is 12.6. The summed E-state index contributed by atoms with van der Waals surface area (Å²) < 4.78 is 49.7. The SMILES string of the molecule is [3H]c1ccc(C(F)(F)[C@@H](/C=C/[C@H]2CCC(=O)N2CCCCCCC(=O)OCC)O[14C](=O)Cc2ccc(C(=O)ON3C(=O)CCC3=O)cc2)cc1. The van der Waals surface area contributed by atoms with Crippen LogP contribution in [0.5, 0.6) is 0 Å². The maximum atomic E-state index is 15.9. The average Bonchev–Trinajstić information content (AvgIpc) is 3.60. The second-order valence-electron chi connectivity index (χ2n) is 11.7. The molecule has 4 rings (SSSR count). The van der Waals surface area contributed by atoms with Gasteiger partial charge >= 0.3 is 23.8 Å². The number of esters is 2. The summed E-state index contributed by atoms with van der Waals surface area (Å²) in [5.41, 5.74) is -0.137. The van der Waals surface area contributed by atoms with Crippen LogP contribution in [0.2, 0.25) is 0 Å². The highest BCUT2D eigenvalue weighted by Crippen LogP contribution is 2.35. The molecule has 3 amide bonds. The van der Waals surface area contributed by atoms with Crippen molar-refractivity contribution in [1.82, 2.24) is 9.96 Å². The summed E-state index contributed by atoms with van der Waals surface area (Å²) in [6, 6.07) is 9.52. The summed E-state index contributed by atoms with van der Waals surface area (Å²) in [4.78, 5) is 79.5. The molecule has 0 bridgehead atoms. The Balaban J connectivity index is 1.40. The zero-order chi connectivity index (χ0) is 36.3. The number of ether oxygens (including phenoxy) is 2. The second kappa shape index (κ2) is 17.5. The molecule has 11 nitrogen and oxygen atoms in total. The number of rotatable bonds is 17. The van der Waals surface area contributed by atoms with Crippen LogP contribution in [-0.2, 0) is 50.6 Å². The van der Waals surface area contributed by atoms with Crippen molar-refractivity contribution in [2.45, 2.75) is 89.2 Å². The Hall–Kier alpha value is -4.94. The van der Waals surface area contributed by atoms with Crippen LogP contribution in [0.1, 0.15) is 87.6 Å². The number of unbranched alkanes of at least 4 members (excludes halogenated alkanes) is 3. The maximum absolute atomic E-state index is 15.9. The summed E-state index contributed by atoms with van der Waals surface area (Å²) in [6.07, 6.45) is 3.83. The molecule has 2 aliphatic heterocycles. The Morgan fingerprint density at radius 3 is 2.35 bits per heavy atom. The van der Waals surface area contributed by atoms with E-state index in [-0.39, 0.29) is 42.7 Å². The highest BCUT2D eigenvalue weighted by molar-refractivity contribution is 6.02. The molecule has 49 heavy (non-hydrogen) atoms. The molecule has 0 radical (unpaired) electrons. The number of hydroxylamine groups is 2. The van der Waals surface area contributed by atoms with Crippen LogP contribution in [-0.4, -0.2) is 70.9 Å². The summed E-state index contributed by atoms with van der Waals surface area (Å²) in [5.74, 6) is -7.26. The normalized spacial score (nSPS) is 17.4. The van der Waals surface area contributed by atoms with Crippen molar-refractivity contribution in [3.8, 4) is 0 Å². The van der Waals surface area contributed by atoms with Crippen LogP contribution >= 0.6 is 0 Å². The van der Waals surface area contributed by atoms with Crippen LogP contribution in [0.4, 0.5) is 8.78 Å². The number of amides is 3. The van der Waals surface area contributed by atoms with E-state index in [0.29, 0.717) is 49.5 Å². The lowest BCUT2D eigenvalue weighted by atomic mass is 10.0. The van der Waals surface area contributed by atoms with Crippen LogP contribution < -0.4 is 0 Å². The van der Waals surface area contributed by atoms with Crippen LogP contribution in [0.15, 0.2) is 66.7 Å². The van der Waals surface area contributed by atoms with Gasteiger partial charge in [0.25, 0.3) is 11.8 Å². The predicted octanol–water partition coefficient (Wildman–Crippen LogP) is 5.21. The molecule has 0 unspecified atom stereocenters. The molecular weight excluding hydrogens is 644 g/mol. The Labute approximate surface area is 284 Å². The van der Waals surface area contributed by atoms with Crippen molar-refractivity contribution >= 4 is 35.6 Å². The molecule has 0 aliphatic carbocycles. The number of carbonyl (C=O) groups is 6. The molecule has 0 spiro atoms. The fraction of sp³-hybridized carbons (Fsp3) is 0.444. The molecular formula is C36H40F2N2O9. The van der Waals surface area contributed by atoms with E-state index in [1.807, 2.05) is 0 Å². The summed E-state index contributed by atoms with van der Waals surface area (Å²) in [6.45, 7) is 2.49. The fourth-order valence-electron chi connectivity index (χ4n) is 5.52. The number of likely N-dealkylation sites (tertiary alicyclic amines) is 1. The lowest BCUT2D eigenvalue weighted by molar-refractivity contribution is -0.172. The predicted molar refractivity (Wildman–Crippen MR) is 170 cm³/mol. The van der Waals surface area contributed by atoms with Gasteiger partial charge in [0.15, 0.2) is 6.10 Å². The smallest absolute Gasteiger partial charge is 0.363 e. The van der Waals surface area contributed by atoms with Gasteiger partial charge in [-0.15, -0.1) is 5.06 Å². The summed E-state index contributed by atoms with van der Waals surface area (Å²) >= 11 is 0. The molecule has 2 heterocycles. The molecule has 2 saturated heterocycles. The van der Waals surface area contributed by atoms with Gasteiger partial charge in [-0.05, 0) is 50.0 Å². The number of hydrogen-bond acceptors (Lipinski definition) is 9. The van der Waals surface area contributed by atoms with Gasteiger partial charge in [-0.2, -0.15) is 8.78 Å². The van der Waals surface area contributed by atoms with Crippen molar-refractivity contribution in [2.24, 2.45) is 0 Å². The van der Waals surface area contributed by atoms with E-state index in [9.17, 15) is 28.8 Å². The maximum Gasteiger partial charge on any atom is 0.363 e. The van der Waals surface area contributed by atoms with Gasteiger partial charge in [-0.1, -0.05) is 61.4 Å². The largest absolute Gasteiger partial charge is 0.466 e. The van der Waals surface area contributed by atoms with Crippen LogP contribution in [0.25, 0.3) is 0 Å². The lowest BCUT2D eigenvalue weighted by Gasteiger charge is -2.27. The van der Waals surface area contributed by atoms with Gasteiger partial charge in [0.1, 0.15) is 0 Å². The van der Waals surface area contributed by atoms with Crippen molar-refractivity contribution in [1.29, 1.82) is 0 Å². The quantitative estimate of drug-likeness (QED) is 0.0950. The molecule has 2 aromatic rings. The third kappa shape index (κ3) is 10.3. The molecule has 0 saturated carbocycles. The van der Waals surface area contributed by atoms with Crippen molar-refractivity contribution in [2.75, 3.05) is 13.2 Å². The standard InChI is InChI=1S/C36H40F2N2O9/c1-2-47-33(44)12-8-3-4-9-23-39-28(18-20-30(39)41)17-19-29(36(37,38)27-10-6-5-7-11-27)48-34(45)24-25-13-15-26(16-14-25)35(46)49-40-31(42)21-22-32(40)43/h5-7,10-11,13-17,19,28-29H,2-4,8-9,12,18,20-24H2,1H3/b19-17+/t28-,29+/m0/s1/i5T,34+2. The van der Waals surface area contributed by atoms with E-state index >= 15 is 8.78 Å². The minimum atomic E-state index is -3.69. The highest BCUT2D eigenvalue weighted by atomic mass is 19.3. The average molecular weight is 687 g/mol. The van der Waals surface area contributed by atoms with Crippen molar-refractivity contribution in [3.63, 3.8) is 0 Å². The number of benzene rings is 2. The zero-order valence-electron chi connectivity index (χ0n) is 28.2. The molecule has 2 atom stereocenters. The van der Waals surface area contributed by atoms with Gasteiger partial charge in [0, 0.05) is 37.8 Å². The number of carbonyl (C=O) groups excluding carboxylic acids is 6. The molecule has 2 aliphatic rings. The van der Waals surface area contributed by atoms with Gasteiger partial charge in [-0.25, -0.2) is 4.79 Å². The molecule has 0 aromatic heterocycles. The monoisotopic (exact) mass is 686 g/mol. The van der Waals surface area contributed by atoms with E-state index < -0.39 is 53.8 Å². The third-order valence-electron chi connectivity index (χ3n) is 8.15. The topological polar surface area (TPSA) is 137 Å². The first-order valence-electron chi connectivity index (χ1n) is 16.8.